The number of carbonyl (C=O) groups excluding carboxylic acids is 1. The molecule has 2 aromatic rings. The van der Waals surface area contributed by atoms with Gasteiger partial charge in [-0.1, -0.05) is 20.8 Å². The highest BCUT2D eigenvalue weighted by Crippen LogP contribution is 2.34. The second kappa shape index (κ2) is 7.89. The number of ketones is 1. The molecule has 6 nitrogen and oxygen atoms in total. The predicted molar refractivity (Wildman–Crippen MR) is 101 cm³/mol. The molecule has 0 radical (unpaired) electrons. The molecule has 1 heterocycles. The van der Waals surface area contributed by atoms with Crippen LogP contribution in [0.15, 0.2) is 18.2 Å². The van der Waals surface area contributed by atoms with E-state index in [1.807, 2.05) is 53.1 Å². The number of fused-ring (bicyclic) bond motifs is 1. The number of carbonyl (C=O) groups is 1. The van der Waals surface area contributed by atoms with Crippen molar-refractivity contribution in [3.8, 4) is 11.5 Å². The highest BCUT2D eigenvalue weighted by atomic mass is 16.5. The number of H-pyrrole nitrogens is 1. The Morgan fingerprint density at radius 1 is 1.12 bits per heavy atom. The number of nitrogens with one attached hydrogen (secondary N) is 1. The van der Waals surface area contributed by atoms with Gasteiger partial charge in [0.2, 0.25) is 0 Å². The van der Waals surface area contributed by atoms with E-state index in [1.54, 1.807) is 0 Å². The van der Waals surface area contributed by atoms with Crippen molar-refractivity contribution in [2.45, 2.75) is 20.8 Å². The topological polar surface area (TPSA) is 80.6 Å². The van der Waals surface area contributed by atoms with Crippen molar-refractivity contribution < 1.29 is 14.3 Å². The van der Waals surface area contributed by atoms with Crippen LogP contribution in [0, 0.1) is 5.41 Å². The first-order chi connectivity index (χ1) is 11.7. The fraction of sp³-hybridized carbons (Fsp3) is 0.526. The molecule has 0 unspecified atom stereocenters. The van der Waals surface area contributed by atoms with Gasteiger partial charge in [-0.2, -0.15) is 0 Å². The van der Waals surface area contributed by atoms with E-state index in [1.165, 1.54) is 0 Å². The lowest BCUT2D eigenvalue weighted by atomic mass is 9.89. The standard InChI is InChI=1S/C19H29N3O3/c1-19(2,3)18(23)15-10-13-11-16(25-9-7-22(4)5)17(24-8-6-20)12-14(13)21-15/h10-12,21H,6-9,20H2,1-5H3. The Labute approximate surface area is 149 Å². The number of hydrogen-bond donors (Lipinski definition) is 2. The first-order valence-electron chi connectivity index (χ1n) is 8.54. The molecule has 0 spiro atoms. The molecule has 138 valence electrons. The zero-order valence-electron chi connectivity index (χ0n) is 15.8. The van der Waals surface area contributed by atoms with Gasteiger partial charge < -0.3 is 25.1 Å². The first kappa shape index (κ1) is 19.3. The maximum Gasteiger partial charge on any atom is 0.184 e. The normalized spacial score (nSPS) is 12.0. The SMILES string of the molecule is CN(C)CCOc1cc2cc(C(=O)C(C)(C)C)[nH]c2cc1OCCN. The van der Waals surface area contributed by atoms with Crippen molar-refractivity contribution in [2.24, 2.45) is 11.1 Å². The largest absolute Gasteiger partial charge is 0.488 e. The number of ether oxygens (including phenoxy) is 2. The molecule has 6 heteroatoms. The molecule has 1 aromatic carbocycles. The van der Waals surface area contributed by atoms with Crippen molar-refractivity contribution in [3.63, 3.8) is 0 Å². The fourth-order valence-corrected chi connectivity index (χ4v) is 2.40. The van der Waals surface area contributed by atoms with Gasteiger partial charge in [0, 0.05) is 35.5 Å². The van der Waals surface area contributed by atoms with Crippen LogP contribution in [0.2, 0.25) is 0 Å². The molecule has 0 saturated heterocycles. The minimum absolute atomic E-state index is 0.0724. The third kappa shape index (κ3) is 4.96. The summed E-state index contributed by atoms with van der Waals surface area (Å²) in [6.07, 6.45) is 0. The van der Waals surface area contributed by atoms with E-state index >= 15 is 0 Å². The van der Waals surface area contributed by atoms with E-state index in [0.29, 0.717) is 37.0 Å². The number of nitrogens with zero attached hydrogens (tertiary/aromatic N) is 1. The number of benzene rings is 1. The molecule has 0 fully saturated rings. The Balaban J connectivity index is 2.35. The molecular weight excluding hydrogens is 318 g/mol. The van der Waals surface area contributed by atoms with Crippen LogP contribution >= 0.6 is 0 Å². The maximum absolute atomic E-state index is 12.5. The summed E-state index contributed by atoms with van der Waals surface area (Å²) in [5.41, 5.74) is 6.55. The summed E-state index contributed by atoms with van der Waals surface area (Å²) in [5.74, 6) is 1.37. The summed E-state index contributed by atoms with van der Waals surface area (Å²) in [7, 11) is 3.99. The molecule has 0 saturated carbocycles. The molecule has 3 N–H and O–H groups in total. The van der Waals surface area contributed by atoms with Crippen molar-refractivity contribution >= 4 is 16.7 Å². The van der Waals surface area contributed by atoms with Crippen LogP contribution in [-0.4, -0.2) is 56.1 Å². The van der Waals surface area contributed by atoms with Gasteiger partial charge in [0.25, 0.3) is 0 Å². The van der Waals surface area contributed by atoms with E-state index in [4.69, 9.17) is 15.2 Å². The van der Waals surface area contributed by atoms with Crippen molar-refractivity contribution in [2.75, 3.05) is 40.4 Å². The number of likely N-dealkylation sites (N-methyl/N-ethyl adjacent to an activating group) is 1. The average molecular weight is 347 g/mol. The lowest BCUT2D eigenvalue weighted by Crippen LogP contribution is -2.20. The zero-order valence-corrected chi connectivity index (χ0v) is 15.8. The number of aromatic amines is 1. The summed E-state index contributed by atoms with van der Waals surface area (Å²) in [6, 6.07) is 5.65. The van der Waals surface area contributed by atoms with Gasteiger partial charge in [0.1, 0.15) is 13.2 Å². The van der Waals surface area contributed by atoms with E-state index in [0.717, 1.165) is 17.4 Å². The van der Waals surface area contributed by atoms with E-state index in [2.05, 4.69) is 9.88 Å². The van der Waals surface area contributed by atoms with E-state index < -0.39 is 5.41 Å². The third-order valence-corrected chi connectivity index (χ3v) is 3.78. The Bertz CT molecular complexity index is 729. The molecule has 0 aliphatic heterocycles. The predicted octanol–water partition coefficient (Wildman–Crippen LogP) is 2.67. The Morgan fingerprint density at radius 2 is 1.76 bits per heavy atom. The molecule has 0 amide bonds. The van der Waals surface area contributed by atoms with Crippen LogP contribution in [0.1, 0.15) is 31.3 Å². The Hall–Kier alpha value is -2.05. The second-order valence-electron chi connectivity index (χ2n) is 7.44. The summed E-state index contributed by atoms with van der Waals surface area (Å²) >= 11 is 0. The number of aromatic nitrogens is 1. The van der Waals surface area contributed by atoms with Crippen molar-refractivity contribution in [1.29, 1.82) is 0 Å². The molecule has 2 rings (SSSR count). The van der Waals surface area contributed by atoms with Crippen LogP contribution in [-0.2, 0) is 0 Å². The monoisotopic (exact) mass is 347 g/mol. The third-order valence-electron chi connectivity index (χ3n) is 3.78. The minimum atomic E-state index is -0.440. The van der Waals surface area contributed by atoms with Crippen LogP contribution < -0.4 is 15.2 Å². The van der Waals surface area contributed by atoms with Gasteiger partial charge in [-0.15, -0.1) is 0 Å². The van der Waals surface area contributed by atoms with Gasteiger partial charge in [0.05, 0.1) is 5.69 Å². The summed E-state index contributed by atoms with van der Waals surface area (Å²) in [4.78, 5) is 17.8. The minimum Gasteiger partial charge on any atom is -0.488 e. The molecule has 0 aliphatic carbocycles. The second-order valence-corrected chi connectivity index (χ2v) is 7.44. The van der Waals surface area contributed by atoms with Crippen LogP contribution in [0.4, 0.5) is 0 Å². The van der Waals surface area contributed by atoms with Gasteiger partial charge >= 0.3 is 0 Å². The number of nitrogens with two attached hydrogens (primary N) is 1. The van der Waals surface area contributed by atoms with Gasteiger partial charge in [-0.05, 0) is 26.2 Å². The zero-order chi connectivity index (χ0) is 18.6. The number of Topliss-reactive ketones (excluding diaryl/α,β-unsaturated/α-hetero) is 1. The number of rotatable bonds is 8. The van der Waals surface area contributed by atoms with Gasteiger partial charge in [0.15, 0.2) is 17.3 Å². The Morgan fingerprint density at radius 3 is 2.36 bits per heavy atom. The highest BCUT2D eigenvalue weighted by molar-refractivity contribution is 6.02. The van der Waals surface area contributed by atoms with Crippen LogP contribution in [0.3, 0.4) is 0 Å². The van der Waals surface area contributed by atoms with Crippen LogP contribution in [0.25, 0.3) is 10.9 Å². The van der Waals surface area contributed by atoms with E-state index in [9.17, 15) is 4.79 Å². The summed E-state index contributed by atoms with van der Waals surface area (Å²) in [5, 5.41) is 0.924. The van der Waals surface area contributed by atoms with Gasteiger partial charge in [-0.25, -0.2) is 0 Å². The van der Waals surface area contributed by atoms with Crippen molar-refractivity contribution in [1.82, 2.24) is 9.88 Å². The Kier molecular flexibility index (Phi) is 6.08. The number of hydrogen-bond acceptors (Lipinski definition) is 5. The first-order valence-corrected chi connectivity index (χ1v) is 8.54. The quantitative estimate of drug-likeness (QED) is 0.718. The maximum atomic E-state index is 12.5. The summed E-state index contributed by atoms with van der Waals surface area (Å²) < 4.78 is 11.6. The summed E-state index contributed by atoms with van der Waals surface area (Å²) in [6.45, 7) is 7.91. The van der Waals surface area contributed by atoms with Gasteiger partial charge in [-0.3, -0.25) is 4.79 Å². The lowest BCUT2D eigenvalue weighted by Gasteiger charge is -2.15. The molecule has 0 aliphatic rings. The molecular formula is C19H29N3O3. The molecule has 0 bridgehead atoms. The molecule has 0 atom stereocenters. The van der Waals surface area contributed by atoms with Crippen molar-refractivity contribution in [3.05, 3.63) is 23.9 Å². The van der Waals surface area contributed by atoms with E-state index in [-0.39, 0.29) is 5.78 Å². The molecule has 1 aromatic heterocycles. The van der Waals surface area contributed by atoms with Crippen LogP contribution in [0.5, 0.6) is 11.5 Å². The highest BCUT2D eigenvalue weighted by Gasteiger charge is 2.24. The lowest BCUT2D eigenvalue weighted by molar-refractivity contribution is 0.0854. The average Bonchev–Trinajstić information content (AvgIpc) is 2.93. The fourth-order valence-electron chi connectivity index (χ4n) is 2.40. The molecule has 25 heavy (non-hydrogen) atoms. The smallest absolute Gasteiger partial charge is 0.184 e.